The highest BCUT2D eigenvalue weighted by Gasteiger charge is 2.27. The van der Waals surface area contributed by atoms with E-state index in [9.17, 15) is 4.79 Å². The first-order valence-corrected chi connectivity index (χ1v) is 8.72. The number of nitrogens with one attached hydrogen (secondary N) is 1. The first-order chi connectivity index (χ1) is 11.7. The van der Waals surface area contributed by atoms with Crippen LogP contribution in [0.1, 0.15) is 27.0 Å². The van der Waals surface area contributed by atoms with E-state index in [1.54, 1.807) is 18.0 Å². The van der Waals surface area contributed by atoms with Gasteiger partial charge in [-0.3, -0.25) is 9.78 Å². The third-order valence-corrected chi connectivity index (χ3v) is 5.50. The fourth-order valence-corrected chi connectivity index (χ4v) is 4.04. The first kappa shape index (κ1) is 15.0. The standard InChI is InChI=1S/C19H17N3OS/c1-12-17(14-7-3-4-8-16(14)22(12)2)18(23)15-11-24-19(21-15)13-6-5-9-20-10-13/h3-11,19,21H,1-2H3. The highest BCUT2D eigenvalue weighted by atomic mass is 32.2. The van der Waals surface area contributed by atoms with Gasteiger partial charge in [0.2, 0.25) is 5.78 Å². The summed E-state index contributed by atoms with van der Waals surface area (Å²) in [4.78, 5) is 17.2. The van der Waals surface area contributed by atoms with Gasteiger partial charge in [-0.05, 0) is 19.1 Å². The highest BCUT2D eigenvalue weighted by Crippen LogP contribution is 2.36. The van der Waals surface area contributed by atoms with Crippen LogP contribution in [0.25, 0.3) is 10.9 Å². The molecular formula is C19H17N3OS. The molecule has 0 amide bonds. The van der Waals surface area contributed by atoms with Crippen LogP contribution in [0.15, 0.2) is 59.9 Å². The van der Waals surface area contributed by atoms with E-state index in [4.69, 9.17) is 0 Å². The van der Waals surface area contributed by atoms with Gasteiger partial charge in [-0.2, -0.15) is 0 Å². The molecule has 1 aliphatic rings. The van der Waals surface area contributed by atoms with Gasteiger partial charge in [-0.25, -0.2) is 0 Å². The first-order valence-electron chi connectivity index (χ1n) is 7.77. The molecule has 0 aliphatic carbocycles. The maximum atomic E-state index is 13.1. The molecule has 1 atom stereocenters. The Balaban J connectivity index is 1.67. The number of nitrogens with zero attached hydrogens (tertiary/aromatic N) is 2. The van der Waals surface area contributed by atoms with Gasteiger partial charge < -0.3 is 9.88 Å². The summed E-state index contributed by atoms with van der Waals surface area (Å²) in [6.07, 6.45) is 3.58. The van der Waals surface area contributed by atoms with E-state index >= 15 is 0 Å². The Morgan fingerprint density at radius 1 is 1.25 bits per heavy atom. The van der Waals surface area contributed by atoms with E-state index < -0.39 is 0 Å². The van der Waals surface area contributed by atoms with Crippen LogP contribution in [-0.4, -0.2) is 15.3 Å². The molecule has 120 valence electrons. The fraction of sp³-hybridized carbons (Fsp3) is 0.158. The van der Waals surface area contributed by atoms with Crippen molar-refractivity contribution >= 4 is 28.4 Å². The van der Waals surface area contributed by atoms with Crippen LogP contribution in [0.2, 0.25) is 0 Å². The number of benzene rings is 1. The lowest BCUT2D eigenvalue weighted by molar-refractivity contribution is 0.102. The molecule has 24 heavy (non-hydrogen) atoms. The van der Waals surface area contributed by atoms with Gasteiger partial charge in [0.1, 0.15) is 5.37 Å². The van der Waals surface area contributed by atoms with Crippen LogP contribution in [0.3, 0.4) is 0 Å². The average Bonchev–Trinajstić information content (AvgIpc) is 3.20. The van der Waals surface area contributed by atoms with Crippen molar-refractivity contribution in [2.45, 2.75) is 12.3 Å². The largest absolute Gasteiger partial charge is 0.366 e. The molecule has 1 aromatic carbocycles. The molecule has 0 fully saturated rings. The smallest absolute Gasteiger partial charge is 0.211 e. The molecule has 0 spiro atoms. The van der Waals surface area contributed by atoms with Gasteiger partial charge in [0.25, 0.3) is 0 Å². The molecule has 2 aromatic heterocycles. The number of aryl methyl sites for hydroxylation is 1. The van der Waals surface area contributed by atoms with Gasteiger partial charge in [-0.1, -0.05) is 24.3 Å². The van der Waals surface area contributed by atoms with Gasteiger partial charge in [0.15, 0.2) is 0 Å². The lowest BCUT2D eigenvalue weighted by Gasteiger charge is -2.12. The highest BCUT2D eigenvalue weighted by molar-refractivity contribution is 8.02. The van der Waals surface area contributed by atoms with E-state index in [1.165, 1.54) is 0 Å². The van der Waals surface area contributed by atoms with Crippen molar-refractivity contribution in [1.29, 1.82) is 0 Å². The van der Waals surface area contributed by atoms with Crippen LogP contribution in [0, 0.1) is 6.92 Å². The van der Waals surface area contributed by atoms with Crippen molar-refractivity contribution < 1.29 is 4.79 Å². The monoisotopic (exact) mass is 335 g/mol. The topological polar surface area (TPSA) is 46.9 Å². The van der Waals surface area contributed by atoms with Crippen molar-refractivity contribution in [3.05, 3.63) is 76.7 Å². The lowest BCUT2D eigenvalue weighted by atomic mass is 10.0. The Bertz CT molecular complexity index is 959. The zero-order valence-electron chi connectivity index (χ0n) is 13.5. The molecule has 0 saturated carbocycles. The quantitative estimate of drug-likeness (QED) is 0.737. The normalized spacial score (nSPS) is 16.9. The van der Waals surface area contributed by atoms with Crippen LogP contribution in [0.4, 0.5) is 0 Å². The number of fused-ring (bicyclic) bond motifs is 1. The second-order valence-corrected chi connectivity index (χ2v) is 6.82. The van der Waals surface area contributed by atoms with E-state index in [-0.39, 0.29) is 11.2 Å². The minimum absolute atomic E-state index is 0.0351. The van der Waals surface area contributed by atoms with E-state index in [0.717, 1.165) is 27.7 Å². The van der Waals surface area contributed by atoms with Gasteiger partial charge in [0.05, 0.1) is 11.3 Å². The summed E-state index contributed by atoms with van der Waals surface area (Å²) in [5.41, 5.74) is 4.55. The van der Waals surface area contributed by atoms with Crippen LogP contribution in [0.5, 0.6) is 0 Å². The molecule has 0 radical (unpaired) electrons. The molecule has 1 N–H and O–H groups in total. The Labute approximate surface area is 144 Å². The van der Waals surface area contributed by atoms with Crippen LogP contribution in [-0.2, 0) is 7.05 Å². The summed E-state index contributed by atoms with van der Waals surface area (Å²) < 4.78 is 2.07. The predicted molar refractivity (Wildman–Crippen MR) is 97.8 cm³/mol. The molecule has 1 aliphatic heterocycles. The number of carbonyl (C=O) groups is 1. The second kappa shape index (κ2) is 5.83. The van der Waals surface area contributed by atoms with E-state index in [0.29, 0.717) is 5.70 Å². The van der Waals surface area contributed by atoms with Gasteiger partial charge >= 0.3 is 0 Å². The number of Topliss-reactive ketones (excluding diaryl/α,β-unsaturated/α-hetero) is 1. The third-order valence-electron chi connectivity index (χ3n) is 4.47. The molecule has 4 nitrogen and oxygen atoms in total. The predicted octanol–water partition coefficient (Wildman–Crippen LogP) is 3.94. The van der Waals surface area contributed by atoms with Crippen molar-refractivity contribution in [1.82, 2.24) is 14.9 Å². The summed E-state index contributed by atoms with van der Waals surface area (Å²) in [5.74, 6) is 0.0446. The molecule has 5 heteroatoms. The summed E-state index contributed by atoms with van der Waals surface area (Å²) in [6.45, 7) is 1.99. The number of aromatic nitrogens is 2. The molecule has 0 bridgehead atoms. The number of ketones is 1. The minimum Gasteiger partial charge on any atom is -0.366 e. The average molecular weight is 335 g/mol. The number of hydrogen-bond acceptors (Lipinski definition) is 4. The molecule has 3 heterocycles. The lowest BCUT2D eigenvalue weighted by Crippen LogP contribution is -2.20. The summed E-state index contributed by atoms with van der Waals surface area (Å²) in [6, 6.07) is 12.0. The number of pyridine rings is 1. The van der Waals surface area contributed by atoms with Crippen molar-refractivity contribution in [2.24, 2.45) is 7.05 Å². The zero-order valence-corrected chi connectivity index (χ0v) is 14.3. The molecular weight excluding hydrogens is 318 g/mol. The SMILES string of the molecule is Cc1c(C(=O)C2=CSC(c3cccnc3)N2)c2ccccc2n1C. The van der Waals surface area contributed by atoms with E-state index in [2.05, 4.69) is 14.9 Å². The summed E-state index contributed by atoms with van der Waals surface area (Å²) in [7, 11) is 2.00. The number of para-hydroxylation sites is 1. The zero-order chi connectivity index (χ0) is 16.7. The van der Waals surface area contributed by atoms with Crippen LogP contribution < -0.4 is 5.32 Å². The maximum absolute atomic E-state index is 13.1. The molecule has 3 aromatic rings. The maximum Gasteiger partial charge on any atom is 0.211 e. The Kier molecular flexibility index (Phi) is 3.65. The number of carbonyl (C=O) groups excluding carboxylic acids is 1. The van der Waals surface area contributed by atoms with Crippen molar-refractivity contribution in [2.75, 3.05) is 0 Å². The van der Waals surface area contributed by atoms with E-state index in [1.807, 2.05) is 62.0 Å². The number of hydrogen-bond donors (Lipinski definition) is 1. The fourth-order valence-electron chi connectivity index (χ4n) is 3.10. The van der Waals surface area contributed by atoms with Gasteiger partial charge in [0, 0.05) is 47.0 Å². The van der Waals surface area contributed by atoms with Crippen LogP contribution >= 0.6 is 11.8 Å². The molecule has 4 rings (SSSR count). The van der Waals surface area contributed by atoms with Crippen molar-refractivity contribution in [3.8, 4) is 0 Å². The number of rotatable bonds is 3. The molecule has 0 saturated heterocycles. The summed E-state index contributed by atoms with van der Waals surface area (Å²) >= 11 is 1.60. The summed E-state index contributed by atoms with van der Waals surface area (Å²) in [5, 5.41) is 6.28. The Morgan fingerprint density at radius 3 is 2.88 bits per heavy atom. The van der Waals surface area contributed by atoms with Crippen molar-refractivity contribution in [3.63, 3.8) is 0 Å². The molecule has 1 unspecified atom stereocenters. The third kappa shape index (κ3) is 2.32. The Hall–Kier alpha value is -2.53. The second-order valence-electron chi connectivity index (χ2n) is 5.84. The number of thioether (sulfide) groups is 1. The number of allylic oxidation sites excluding steroid dienone is 1. The van der Waals surface area contributed by atoms with Gasteiger partial charge in [-0.15, -0.1) is 11.8 Å². The Morgan fingerprint density at radius 2 is 2.08 bits per heavy atom. The minimum atomic E-state index is 0.0351.